The summed E-state index contributed by atoms with van der Waals surface area (Å²) < 4.78 is 0. The Morgan fingerprint density at radius 3 is 2.87 bits per heavy atom. The normalized spacial score (nSPS) is 15.1. The van der Waals surface area contributed by atoms with Crippen LogP contribution in [0.25, 0.3) is 0 Å². The third-order valence-corrected chi connectivity index (χ3v) is 2.76. The summed E-state index contributed by atoms with van der Waals surface area (Å²) in [6.45, 7) is 6.31. The van der Waals surface area contributed by atoms with Crippen molar-refractivity contribution >= 4 is 11.5 Å². The molecule has 1 N–H and O–H groups in total. The van der Waals surface area contributed by atoms with E-state index in [4.69, 9.17) is 0 Å². The molecule has 0 saturated heterocycles. The van der Waals surface area contributed by atoms with Gasteiger partial charge in [0, 0.05) is 37.1 Å². The van der Waals surface area contributed by atoms with Crippen LogP contribution in [0.2, 0.25) is 0 Å². The van der Waals surface area contributed by atoms with Crippen LogP contribution in [0, 0.1) is 0 Å². The predicted octanol–water partition coefficient (Wildman–Crippen LogP) is 2.50. The number of anilines is 2. The van der Waals surface area contributed by atoms with Gasteiger partial charge >= 0.3 is 0 Å². The monoisotopic (exact) mass is 205 g/mol. The Kier molecular flexibility index (Phi) is 3.09. The minimum absolute atomic E-state index is 0.770. The van der Waals surface area contributed by atoms with Gasteiger partial charge in [0.05, 0.1) is 0 Å². The molecule has 0 radical (unpaired) electrons. The van der Waals surface area contributed by atoms with Crippen molar-refractivity contribution in [1.82, 2.24) is 4.98 Å². The maximum absolute atomic E-state index is 4.29. The van der Waals surface area contributed by atoms with Crippen molar-refractivity contribution in [2.75, 3.05) is 23.3 Å². The van der Waals surface area contributed by atoms with Crippen LogP contribution in [-0.2, 0) is 0 Å². The van der Waals surface area contributed by atoms with Gasteiger partial charge in [0.1, 0.15) is 5.82 Å². The minimum Gasteiger partial charge on any atom is -0.370 e. The molecule has 1 aromatic heterocycles. The number of nitrogens with one attached hydrogen (secondary N) is 1. The van der Waals surface area contributed by atoms with Gasteiger partial charge in [0.25, 0.3) is 0 Å². The molecule has 0 unspecified atom stereocenters. The Bertz CT molecular complexity index is 320. The Morgan fingerprint density at radius 1 is 1.47 bits per heavy atom. The first-order valence-corrected chi connectivity index (χ1v) is 5.81. The maximum atomic E-state index is 4.29. The molecule has 1 aromatic rings. The smallest absolute Gasteiger partial charge is 0.127 e. The summed E-state index contributed by atoms with van der Waals surface area (Å²) >= 11 is 0. The summed E-state index contributed by atoms with van der Waals surface area (Å²) in [5.41, 5.74) is 1.30. The molecule has 1 aliphatic rings. The standard InChI is InChI=1S/C12H19N3/c1-3-13-12-9-11(7-8-14-12)15(4-2)10-5-6-10/h7-10H,3-6H2,1-2H3,(H,13,14). The molecule has 2 rings (SSSR count). The number of rotatable bonds is 5. The lowest BCUT2D eigenvalue weighted by Gasteiger charge is -2.23. The van der Waals surface area contributed by atoms with Gasteiger partial charge in [-0.15, -0.1) is 0 Å². The molecule has 0 spiro atoms. The van der Waals surface area contributed by atoms with Crippen molar-refractivity contribution in [3.05, 3.63) is 18.3 Å². The van der Waals surface area contributed by atoms with Gasteiger partial charge in [-0.3, -0.25) is 0 Å². The van der Waals surface area contributed by atoms with E-state index in [9.17, 15) is 0 Å². The van der Waals surface area contributed by atoms with Gasteiger partial charge in [0.2, 0.25) is 0 Å². The highest BCUT2D eigenvalue weighted by molar-refractivity contribution is 5.55. The predicted molar refractivity (Wildman–Crippen MR) is 64.4 cm³/mol. The molecule has 1 saturated carbocycles. The van der Waals surface area contributed by atoms with Gasteiger partial charge < -0.3 is 10.2 Å². The number of hydrogen-bond acceptors (Lipinski definition) is 3. The second kappa shape index (κ2) is 4.51. The van der Waals surface area contributed by atoms with Crippen LogP contribution >= 0.6 is 0 Å². The fourth-order valence-electron chi connectivity index (χ4n) is 1.91. The van der Waals surface area contributed by atoms with E-state index in [-0.39, 0.29) is 0 Å². The van der Waals surface area contributed by atoms with E-state index < -0.39 is 0 Å². The Hall–Kier alpha value is -1.25. The first-order valence-electron chi connectivity index (χ1n) is 5.81. The largest absolute Gasteiger partial charge is 0.370 e. The Morgan fingerprint density at radius 2 is 2.27 bits per heavy atom. The molecule has 0 bridgehead atoms. The summed E-state index contributed by atoms with van der Waals surface area (Å²) in [7, 11) is 0. The Balaban J connectivity index is 2.14. The molecule has 3 nitrogen and oxygen atoms in total. The fraction of sp³-hybridized carbons (Fsp3) is 0.583. The summed E-state index contributed by atoms with van der Waals surface area (Å²) in [4.78, 5) is 6.75. The molecule has 1 aliphatic carbocycles. The average molecular weight is 205 g/mol. The molecule has 0 aliphatic heterocycles. The van der Waals surface area contributed by atoms with E-state index in [2.05, 4.69) is 41.2 Å². The highest BCUT2D eigenvalue weighted by Gasteiger charge is 2.28. The first kappa shape index (κ1) is 10.3. The number of aromatic nitrogens is 1. The fourth-order valence-corrected chi connectivity index (χ4v) is 1.91. The minimum atomic E-state index is 0.770. The summed E-state index contributed by atoms with van der Waals surface area (Å²) in [5, 5.41) is 3.25. The molecule has 1 heterocycles. The second-order valence-electron chi connectivity index (χ2n) is 3.95. The second-order valence-corrected chi connectivity index (χ2v) is 3.95. The molecular weight excluding hydrogens is 186 g/mol. The van der Waals surface area contributed by atoms with Crippen molar-refractivity contribution in [1.29, 1.82) is 0 Å². The van der Waals surface area contributed by atoms with Crippen LogP contribution in [0.5, 0.6) is 0 Å². The van der Waals surface area contributed by atoms with E-state index in [0.717, 1.165) is 24.9 Å². The zero-order valence-corrected chi connectivity index (χ0v) is 9.53. The van der Waals surface area contributed by atoms with Gasteiger partial charge in [-0.25, -0.2) is 4.98 Å². The van der Waals surface area contributed by atoms with Crippen LogP contribution in [0.15, 0.2) is 18.3 Å². The van der Waals surface area contributed by atoms with Crippen LogP contribution in [0.3, 0.4) is 0 Å². The lowest BCUT2D eigenvalue weighted by atomic mass is 10.3. The van der Waals surface area contributed by atoms with E-state index >= 15 is 0 Å². The lowest BCUT2D eigenvalue weighted by Crippen LogP contribution is -2.25. The van der Waals surface area contributed by atoms with Crippen molar-refractivity contribution in [2.45, 2.75) is 32.7 Å². The molecule has 0 amide bonds. The molecular formula is C12H19N3. The van der Waals surface area contributed by atoms with Crippen molar-refractivity contribution in [3.8, 4) is 0 Å². The van der Waals surface area contributed by atoms with Crippen molar-refractivity contribution < 1.29 is 0 Å². The van der Waals surface area contributed by atoms with E-state index in [1.807, 2.05) is 6.20 Å². The van der Waals surface area contributed by atoms with Crippen molar-refractivity contribution in [2.24, 2.45) is 0 Å². The zero-order valence-electron chi connectivity index (χ0n) is 9.53. The van der Waals surface area contributed by atoms with E-state index in [1.165, 1.54) is 18.5 Å². The van der Waals surface area contributed by atoms with Gasteiger partial charge in [-0.1, -0.05) is 0 Å². The maximum Gasteiger partial charge on any atom is 0.127 e. The lowest BCUT2D eigenvalue weighted by molar-refractivity contribution is 0.825. The van der Waals surface area contributed by atoms with Gasteiger partial charge in [-0.2, -0.15) is 0 Å². The zero-order chi connectivity index (χ0) is 10.7. The van der Waals surface area contributed by atoms with Crippen LogP contribution < -0.4 is 10.2 Å². The SMILES string of the molecule is CCNc1cc(N(CC)C2CC2)ccn1. The van der Waals surface area contributed by atoms with Crippen LogP contribution in [0.1, 0.15) is 26.7 Å². The summed E-state index contributed by atoms with van der Waals surface area (Å²) in [6.07, 6.45) is 4.57. The molecule has 15 heavy (non-hydrogen) atoms. The topological polar surface area (TPSA) is 28.2 Å². The molecule has 0 aromatic carbocycles. The highest BCUT2D eigenvalue weighted by Crippen LogP contribution is 2.31. The first-order chi connectivity index (χ1) is 7.35. The van der Waals surface area contributed by atoms with Gasteiger partial charge in [0.15, 0.2) is 0 Å². The molecule has 3 heteroatoms. The van der Waals surface area contributed by atoms with E-state index in [1.54, 1.807) is 0 Å². The van der Waals surface area contributed by atoms with Crippen molar-refractivity contribution in [3.63, 3.8) is 0 Å². The third kappa shape index (κ3) is 2.41. The molecule has 82 valence electrons. The highest BCUT2D eigenvalue weighted by atomic mass is 15.2. The molecule has 1 fully saturated rings. The summed E-state index contributed by atoms with van der Waals surface area (Å²) in [5.74, 6) is 0.981. The number of hydrogen-bond donors (Lipinski definition) is 1. The quantitative estimate of drug-likeness (QED) is 0.800. The Labute approximate surface area is 91.5 Å². The van der Waals surface area contributed by atoms with Crippen LogP contribution in [-0.4, -0.2) is 24.1 Å². The summed E-state index contributed by atoms with van der Waals surface area (Å²) in [6, 6.07) is 5.01. The number of pyridine rings is 1. The van der Waals surface area contributed by atoms with Gasteiger partial charge in [-0.05, 0) is 32.8 Å². The third-order valence-electron chi connectivity index (χ3n) is 2.76. The average Bonchev–Trinajstić information content (AvgIpc) is 3.04. The molecule has 0 atom stereocenters. The van der Waals surface area contributed by atoms with Crippen LogP contribution in [0.4, 0.5) is 11.5 Å². The number of nitrogens with zero attached hydrogens (tertiary/aromatic N) is 2. The van der Waals surface area contributed by atoms with E-state index in [0.29, 0.717) is 0 Å².